The molecule has 1 aromatic carbocycles. The average Bonchev–Trinajstić information content (AvgIpc) is 2.46. The molecule has 0 saturated heterocycles. The predicted molar refractivity (Wildman–Crippen MR) is 77.3 cm³/mol. The van der Waals surface area contributed by atoms with Crippen LogP contribution in [0.3, 0.4) is 0 Å². The summed E-state index contributed by atoms with van der Waals surface area (Å²) >= 11 is 0. The summed E-state index contributed by atoms with van der Waals surface area (Å²) in [5.74, 6) is 0. The van der Waals surface area contributed by atoms with Crippen molar-refractivity contribution >= 4 is 17.4 Å². The number of anilines is 2. The number of rotatable bonds is 4. The van der Waals surface area contributed by atoms with Crippen LogP contribution in [0.1, 0.15) is 13.3 Å². The molecule has 0 radical (unpaired) electrons. The molecule has 19 heavy (non-hydrogen) atoms. The molecule has 2 amide bonds. The third-order valence-electron chi connectivity index (χ3n) is 2.69. The molecule has 0 spiro atoms. The van der Waals surface area contributed by atoms with Crippen molar-refractivity contribution in [2.75, 3.05) is 16.8 Å². The van der Waals surface area contributed by atoms with Crippen molar-refractivity contribution < 1.29 is 4.79 Å². The molecule has 2 aromatic rings. The monoisotopic (exact) mass is 255 g/mol. The fourth-order valence-corrected chi connectivity index (χ4v) is 1.81. The van der Waals surface area contributed by atoms with Crippen LogP contribution in [-0.4, -0.2) is 17.6 Å². The first kappa shape index (κ1) is 13.1. The molecular weight excluding hydrogens is 238 g/mol. The summed E-state index contributed by atoms with van der Waals surface area (Å²) in [6.07, 6.45) is 4.21. The Kier molecular flexibility index (Phi) is 4.50. The zero-order chi connectivity index (χ0) is 13.5. The lowest BCUT2D eigenvalue weighted by Gasteiger charge is -2.22. The summed E-state index contributed by atoms with van der Waals surface area (Å²) in [6, 6.07) is 13.1. The number of benzene rings is 1. The van der Waals surface area contributed by atoms with Gasteiger partial charge in [0.25, 0.3) is 0 Å². The fraction of sp³-hybridized carbons (Fsp3) is 0.200. The summed E-state index contributed by atoms with van der Waals surface area (Å²) in [5.41, 5.74) is 1.65. The van der Waals surface area contributed by atoms with Crippen LogP contribution in [0.5, 0.6) is 0 Å². The number of aromatic nitrogens is 1. The minimum Gasteiger partial charge on any atom is -0.307 e. The summed E-state index contributed by atoms with van der Waals surface area (Å²) in [6.45, 7) is 2.73. The molecule has 1 aromatic heterocycles. The predicted octanol–water partition coefficient (Wildman–Crippen LogP) is 3.53. The van der Waals surface area contributed by atoms with Crippen molar-refractivity contribution in [1.82, 2.24) is 4.98 Å². The Bertz CT molecular complexity index is 513. The first-order chi connectivity index (χ1) is 9.31. The van der Waals surface area contributed by atoms with Crippen molar-refractivity contribution in [1.29, 1.82) is 0 Å². The third kappa shape index (κ3) is 3.55. The van der Waals surface area contributed by atoms with E-state index in [0.717, 1.165) is 17.8 Å². The lowest BCUT2D eigenvalue weighted by molar-refractivity contribution is 0.257. The van der Waals surface area contributed by atoms with Gasteiger partial charge in [-0.2, -0.15) is 0 Å². The number of carbonyl (C=O) groups excluding carboxylic acids is 1. The Morgan fingerprint density at radius 3 is 2.47 bits per heavy atom. The van der Waals surface area contributed by atoms with Gasteiger partial charge in [-0.1, -0.05) is 25.1 Å². The van der Waals surface area contributed by atoms with Crippen LogP contribution in [0.25, 0.3) is 0 Å². The van der Waals surface area contributed by atoms with Crippen LogP contribution in [-0.2, 0) is 0 Å². The molecule has 0 bridgehead atoms. The number of nitrogens with zero attached hydrogens (tertiary/aromatic N) is 2. The normalized spacial score (nSPS) is 9.95. The van der Waals surface area contributed by atoms with Gasteiger partial charge in [-0.3, -0.25) is 9.88 Å². The number of carbonyl (C=O) groups is 1. The minimum absolute atomic E-state index is 0.126. The second-order valence-electron chi connectivity index (χ2n) is 4.15. The van der Waals surface area contributed by atoms with Crippen molar-refractivity contribution in [2.45, 2.75) is 13.3 Å². The minimum atomic E-state index is -0.126. The second-order valence-corrected chi connectivity index (χ2v) is 4.15. The maximum absolute atomic E-state index is 12.3. The van der Waals surface area contributed by atoms with Gasteiger partial charge in [0.1, 0.15) is 0 Å². The highest BCUT2D eigenvalue weighted by atomic mass is 16.2. The summed E-state index contributed by atoms with van der Waals surface area (Å²) in [5, 5.41) is 2.87. The number of pyridine rings is 1. The van der Waals surface area contributed by atoms with Gasteiger partial charge in [-0.25, -0.2) is 4.79 Å². The van der Waals surface area contributed by atoms with E-state index in [2.05, 4.69) is 17.2 Å². The Morgan fingerprint density at radius 1 is 1.16 bits per heavy atom. The van der Waals surface area contributed by atoms with E-state index in [1.807, 2.05) is 30.3 Å². The van der Waals surface area contributed by atoms with E-state index >= 15 is 0 Å². The Labute approximate surface area is 113 Å². The van der Waals surface area contributed by atoms with Crippen LogP contribution < -0.4 is 10.2 Å². The number of hydrogen-bond acceptors (Lipinski definition) is 2. The number of amides is 2. The number of para-hydroxylation sites is 1. The maximum atomic E-state index is 12.3. The first-order valence-corrected chi connectivity index (χ1v) is 6.35. The molecule has 2 rings (SSSR count). The third-order valence-corrected chi connectivity index (χ3v) is 2.69. The van der Waals surface area contributed by atoms with Crippen LogP contribution >= 0.6 is 0 Å². The number of hydrogen-bond donors (Lipinski definition) is 1. The summed E-state index contributed by atoms with van der Waals surface area (Å²) in [4.78, 5) is 18.0. The Hall–Kier alpha value is -2.36. The van der Waals surface area contributed by atoms with E-state index in [1.54, 1.807) is 29.4 Å². The lowest BCUT2D eigenvalue weighted by Crippen LogP contribution is -2.35. The highest BCUT2D eigenvalue weighted by Crippen LogP contribution is 2.15. The number of nitrogens with one attached hydrogen (secondary N) is 1. The highest BCUT2D eigenvalue weighted by molar-refractivity contribution is 6.01. The molecule has 0 aliphatic carbocycles. The highest BCUT2D eigenvalue weighted by Gasteiger charge is 2.14. The maximum Gasteiger partial charge on any atom is 0.326 e. The average molecular weight is 255 g/mol. The van der Waals surface area contributed by atoms with Crippen molar-refractivity contribution in [3.8, 4) is 0 Å². The van der Waals surface area contributed by atoms with Gasteiger partial charge >= 0.3 is 6.03 Å². The van der Waals surface area contributed by atoms with Crippen molar-refractivity contribution in [3.63, 3.8) is 0 Å². The zero-order valence-electron chi connectivity index (χ0n) is 10.9. The van der Waals surface area contributed by atoms with Gasteiger partial charge in [0.15, 0.2) is 0 Å². The lowest BCUT2D eigenvalue weighted by atomic mass is 10.3. The van der Waals surface area contributed by atoms with Gasteiger partial charge in [-0.15, -0.1) is 0 Å². The number of urea groups is 1. The molecule has 0 aliphatic heterocycles. The molecule has 4 heteroatoms. The van der Waals surface area contributed by atoms with Crippen LogP contribution in [0, 0.1) is 0 Å². The molecule has 0 atom stereocenters. The first-order valence-electron chi connectivity index (χ1n) is 6.35. The molecule has 4 nitrogen and oxygen atoms in total. The van der Waals surface area contributed by atoms with Gasteiger partial charge in [-0.05, 0) is 30.7 Å². The van der Waals surface area contributed by atoms with Crippen molar-refractivity contribution in [2.24, 2.45) is 0 Å². The molecular formula is C15H17N3O. The molecule has 0 aliphatic rings. The topological polar surface area (TPSA) is 45.2 Å². The Balaban J connectivity index is 2.13. The van der Waals surface area contributed by atoms with E-state index in [1.165, 1.54) is 0 Å². The van der Waals surface area contributed by atoms with Crippen LogP contribution in [0.15, 0.2) is 54.9 Å². The largest absolute Gasteiger partial charge is 0.326 e. The van der Waals surface area contributed by atoms with E-state index < -0.39 is 0 Å². The summed E-state index contributed by atoms with van der Waals surface area (Å²) in [7, 11) is 0. The smallest absolute Gasteiger partial charge is 0.307 e. The van der Waals surface area contributed by atoms with Gasteiger partial charge in [0.2, 0.25) is 0 Å². The second kappa shape index (κ2) is 6.54. The summed E-state index contributed by atoms with van der Waals surface area (Å²) < 4.78 is 0. The molecule has 1 heterocycles. The quantitative estimate of drug-likeness (QED) is 0.908. The Morgan fingerprint density at radius 2 is 1.84 bits per heavy atom. The van der Waals surface area contributed by atoms with E-state index in [-0.39, 0.29) is 6.03 Å². The molecule has 98 valence electrons. The van der Waals surface area contributed by atoms with Crippen LogP contribution in [0.4, 0.5) is 16.2 Å². The van der Waals surface area contributed by atoms with Crippen molar-refractivity contribution in [3.05, 3.63) is 54.9 Å². The fourth-order valence-electron chi connectivity index (χ4n) is 1.81. The zero-order valence-corrected chi connectivity index (χ0v) is 10.9. The molecule has 0 fully saturated rings. The van der Waals surface area contributed by atoms with E-state index in [0.29, 0.717) is 6.54 Å². The molecule has 0 unspecified atom stereocenters. The van der Waals surface area contributed by atoms with Gasteiger partial charge in [0.05, 0.1) is 0 Å². The molecule has 1 N–H and O–H groups in total. The van der Waals surface area contributed by atoms with Crippen LogP contribution in [0.2, 0.25) is 0 Å². The standard InChI is InChI=1S/C15H17N3O/c1-2-12-18(14-6-4-3-5-7-14)15(19)17-13-8-10-16-11-9-13/h3-11H,2,12H2,1H3,(H,16,17,19). The SMILES string of the molecule is CCCN(C(=O)Nc1ccncc1)c1ccccc1. The molecule has 0 saturated carbocycles. The van der Waals surface area contributed by atoms with Gasteiger partial charge in [0, 0.05) is 30.3 Å². The van der Waals surface area contributed by atoms with Gasteiger partial charge < -0.3 is 5.32 Å². The van der Waals surface area contributed by atoms with E-state index in [9.17, 15) is 4.79 Å². The van der Waals surface area contributed by atoms with E-state index in [4.69, 9.17) is 0 Å².